The number of quaternary nitrogens is 2. The summed E-state index contributed by atoms with van der Waals surface area (Å²) in [5.41, 5.74) is 3.88. The van der Waals surface area contributed by atoms with Gasteiger partial charge in [-0.2, -0.15) is 0 Å². The van der Waals surface area contributed by atoms with Crippen LogP contribution in [-0.4, -0.2) is 26.2 Å². The van der Waals surface area contributed by atoms with Crippen LogP contribution < -0.4 is 10.6 Å². The van der Waals surface area contributed by atoms with Gasteiger partial charge in [0, 0.05) is 5.92 Å². The van der Waals surface area contributed by atoms with Crippen molar-refractivity contribution in [1.82, 2.24) is 0 Å². The van der Waals surface area contributed by atoms with Crippen LogP contribution >= 0.6 is 0 Å². The number of rotatable bonds is 5. The summed E-state index contributed by atoms with van der Waals surface area (Å²) in [4.78, 5) is 1.85. The van der Waals surface area contributed by atoms with E-state index in [1.165, 1.54) is 51.7 Å². The standard InChI is InChI=1S/C11H24N2/c1-11-6-5-9-13(10-11)8-4-2-3-7-12/h11H,2-10,12H2,1H3/p+2/t11-/m0/s1. The van der Waals surface area contributed by atoms with Gasteiger partial charge in [0.05, 0.1) is 26.2 Å². The Balaban J connectivity index is 2.00. The van der Waals surface area contributed by atoms with Crippen molar-refractivity contribution in [2.75, 3.05) is 26.2 Å². The summed E-state index contributed by atoms with van der Waals surface area (Å²) in [7, 11) is 0. The first-order chi connectivity index (χ1) is 6.33. The van der Waals surface area contributed by atoms with Gasteiger partial charge in [-0.15, -0.1) is 0 Å². The highest BCUT2D eigenvalue weighted by Gasteiger charge is 2.18. The van der Waals surface area contributed by atoms with Crippen LogP contribution in [0.2, 0.25) is 0 Å². The number of likely N-dealkylation sites (tertiary alicyclic amines) is 1. The Hall–Kier alpha value is -0.0800. The predicted octanol–water partition coefficient (Wildman–Crippen LogP) is -0.287. The van der Waals surface area contributed by atoms with Crippen LogP contribution in [0.3, 0.4) is 0 Å². The van der Waals surface area contributed by atoms with Crippen LogP contribution in [0.1, 0.15) is 39.0 Å². The zero-order chi connectivity index (χ0) is 9.52. The summed E-state index contributed by atoms with van der Waals surface area (Å²) in [6.07, 6.45) is 7.04. The lowest BCUT2D eigenvalue weighted by atomic mass is 10.00. The van der Waals surface area contributed by atoms with Crippen molar-refractivity contribution in [2.24, 2.45) is 5.92 Å². The van der Waals surface area contributed by atoms with Crippen molar-refractivity contribution in [3.8, 4) is 0 Å². The summed E-state index contributed by atoms with van der Waals surface area (Å²) < 4.78 is 0. The van der Waals surface area contributed by atoms with Gasteiger partial charge in [-0.05, 0) is 32.1 Å². The largest absolute Gasteiger partial charge is 0.358 e. The van der Waals surface area contributed by atoms with E-state index in [1.54, 1.807) is 0 Å². The number of unbranched alkanes of at least 4 members (excludes halogenated alkanes) is 2. The second kappa shape index (κ2) is 6.39. The maximum absolute atomic E-state index is 3.88. The van der Waals surface area contributed by atoms with Gasteiger partial charge in [-0.3, -0.25) is 0 Å². The van der Waals surface area contributed by atoms with Gasteiger partial charge in [0.15, 0.2) is 0 Å². The van der Waals surface area contributed by atoms with E-state index in [0.29, 0.717) is 0 Å². The molecule has 0 aromatic carbocycles. The highest BCUT2D eigenvalue weighted by Crippen LogP contribution is 2.04. The van der Waals surface area contributed by atoms with Gasteiger partial charge in [0.25, 0.3) is 0 Å². The predicted molar refractivity (Wildman–Crippen MR) is 55.6 cm³/mol. The van der Waals surface area contributed by atoms with Crippen molar-refractivity contribution >= 4 is 0 Å². The molecule has 1 saturated heterocycles. The molecule has 0 saturated carbocycles. The first-order valence-electron chi connectivity index (χ1n) is 5.95. The summed E-state index contributed by atoms with van der Waals surface area (Å²) in [5.74, 6) is 0.969. The smallest absolute Gasteiger partial charge is 0.0796 e. The van der Waals surface area contributed by atoms with E-state index < -0.39 is 0 Å². The lowest BCUT2D eigenvalue weighted by molar-refractivity contribution is -0.908. The molecule has 4 N–H and O–H groups in total. The van der Waals surface area contributed by atoms with E-state index in [1.807, 2.05) is 4.90 Å². The van der Waals surface area contributed by atoms with E-state index in [0.717, 1.165) is 12.5 Å². The zero-order valence-electron chi connectivity index (χ0n) is 9.15. The van der Waals surface area contributed by atoms with E-state index in [4.69, 9.17) is 0 Å². The van der Waals surface area contributed by atoms with Crippen LogP contribution in [0.25, 0.3) is 0 Å². The van der Waals surface area contributed by atoms with Gasteiger partial charge in [0.1, 0.15) is 0 Å². The highest BCUT2D eigenvalue weighted by atomic mass is 15.1. The Kier molecular flexibility index (Phi) is 5.40. The van der Waals surface area contributed by atoms with Crippen molar-refractivity contribution in [2.45, 2.75) is 39.0 Å². The van der Waals surface area contributed by atoms with Crippen LogP contribution in [0.5, 0.6) is 0 Å². The average molecular weight is 186 g/mol. The molecule has 1 unspecified atom stereocenters. The average Bonchev–Trinajstić information content (AvgIpc) is 2.13. The molecule has 1 aliphatic heterocycles. The Morgan fingerprint density at radius 3 is 2.85 bits per heavy atom. The Morgan fingerprint density at radius 1 is 1.31 bits per heavy atom. The fourth-order valence-electron chi connectivity index (χ4n) is 2.35. The van der Waals surface area contributed by atoms with Gasteiger partial charge in [-0.1, -0.05) is 6.92 Å². The molecular formula is C11H26N2+2. The molecule has 2 heteroatoms. The van der Waals surface area contributed by atoms with Crippen molar-refractivity contribution in [3.05, 3.63) is 0 Å². The number of piperidine rings is 1. The molecule has 2 atom stereocenters. The van der Waals surface area contributed by atoms with Crippen LogP contribution in [0, 0.1) is 5.92 Å². The number of hydrogen-bond acceptors (Lipinski definition) is 0. The van der Waals surface area contributed by atoms with Gasteiger partial charge in [0.2, 0.25) is 0 Å². The summed E-state index contributed by atoms with van der Waals surface area (Å²) in [5, 5.41) is 0. The first-order valence-corrected chi connectivity index (χ1v) is 5.95. The molecule has 0 spiro atoms. The second-order valence-electron chi connectivity index (χ2n) is 4.62. The third kappa shape index (κ3) is 4.63. The second-order valence-corrected chi connectivity index (χ2v) is 4.62. The molecule has 2 nitrogen and oxygen atoms in total. The SMILES string of the molecule is C[C@H]1CCC[NH+](CCCCC[NH3+])C1. The Labute approximate surface area is 82.5 Å². The fraction of sp³-hybridized carbons (Fsp3) is 1.00. The monoisotopic (exact) mass is 186 g/mol. The van der Waals surface area contributed by atoms with Gasteiger partial charge in [-0.25, -0.2) is 0 Å². The molecule has 13 heavy (non-hydrogen) atoms. The molecule has 1 heterocycles. The highest BCUT2D eigenvalue weighted by molar-refractivity contribution is 4.55. The van der Waals surface area contributed by atoms with Crippen molar-refractivity contribution in [1.29, 1.82) is 0 Å². The minimum Gasteiger partial charge on any atom is -0.358 e. The Bertz CT molecular complexity index is 125. The number of nitrogens with one attached hydrogen (secondary N) is 1. The molecule has 0 radical (unpaired) electrons. The lowest BCUT2D eigenvalue weighted by Crippen LogP contribution is -3.13. The quantitative estimate of drug-likeness (QED) is 0.553. The summed E-state index contributed by atoms with van der Waals surface area (Å²) >= 11 is 0. The molecule has 0 aromatic heterocycles. The summed E-state index contributed by atoms with van der Waals surface area (Å²) in [6, 6.07) is 0. The first kappa shape index (κ1) is 11.0. The van der Waals surface area contributed by atoms with Gasteiger partial charge >= 0.3 is 0 Å². The zero-order valence-corrected chi connectivity index (χ0v) is 9.15. The molecule has 0 aliphatic carbocycles. The van der Waals surface area contributed by atoms with Crippen LogP contribution in [0.15, 0.2) is 0 Å². The molecule has 1 rings (SSSR count). The lowest BCUT2D eigenvalue weighted by Gasteiger charge is -2.27. The van der Waals surface area contributed by atoms with Crippen molar-refractivity contribution < 1.29 is 10.6 Å². The number of hydrogen-bond donors (Lipinski definition) is 2. The van der Waals surface area contributed by atoms with Gasteiger partial charge < -0.3 is 10.6 Å². The van der Waals surface area contributed by atoms with E-state index in [-0.39, 0.29) is 0 Å². The maximum atomic E-state index is 3.88. The molecular weight excluding hydrogens is 160 g/mol. The molecule has 0 amide bonds. The minimum absolute atomic E-state index is 0.969. The minimum atomic E-state index is 0.969. The fourth-order valence-corrected chi connectivity index (χ4v) is 2.35. The molecule has 78 valence electrons. The van der Waals surface area contributed by atoms with E-state index >= 15 is 0 Å². The third-order valence-electron chi connectivity index (χ3n) is 3.14. The molecule has 0 bridgehead atoms. The maximum Gasteiger partial charge on any atom is 0.0796 e. The van der Waals surface area contributed by atoms with Crippen molar-refractivity contribution in [3.63, 3.8) is 0 Å². The molecule has 1 aliphatic rings. The van der Waals surface area contributed by atoms with Crippen LogP contribution in [0.4, 0.5) is 0 Å². The summed E-state index contributed by atoms with van der Waals surface area (Å²) in [6.45, 7) is 7.77. The topological polar surface area (TPSA) is 32.1 Å². The Morgan fingerprint density at radius 2 is 2.15 bits per heavy atom. The third-order valence-corrected chi connectivity index (χ3v) is 3.14. The normalized spacial score (nSPS) is 29.1. The molecule has 1 fully saturated rings. The van der Waals surface area contributed by atoms with E-state index in [2.05, 4.69) is 12.7 Å². The molecule has 0 aromatic rings. The van der Waals surface area contributed by atoms with Crippen LogP contribution in [-0.2, 0) is 0 Å². The van der Waals surface area contributed by atoms with E-state index in [9.17, 15) is 0 Å².